The van der Waals surface area contributed by atoms with Gasteiger partial charge in [0.15, 0.2) is 0 Å². The third-order valence-corrected chi connectivity index (χ3v) is 3.24. The lowest BCUT2D eigenvalue weighted by Gasteiger charge is -2.06. The molecule has 0 saturated heterocycles. The Hall–Kier alpha value is -2.03. The summed E-state index contributed by atoms with van der Waals surface area (Å²) in [5.74, 6) is 0. The number of alkyl halides is 3. The Bertz CT molecular complexity index is 620. The first-order valence-electron chi connectivity index (χ1n) is 6.29. The van der Waals surface area contributed by atoms with E-state index in [0.29, 0.717) is 0 Å². The van der Waals surface area contributed by atoms with Gasteiger partial charge in [-0.25, -0.2) is 0 Å². The van der Waals surface area contributed by atoms with E-state index in [9.17, 15) is 13.2 Å². The van der Waals surface area contributed by atoms with Gasteiger partial charge in [-0.2, -0.15) is 13.2 Å². The SMILES string of the molecule is Cc1ccc(C=Cc2ccc(C(F)(F)F)cc2)cc1C. The van der Waals surface area contributed by atoms with Crippen molar-refractivity contribution in [2.24, 2.45) is 0 Å². The van der Waals surface area contributed by atoms with E-state index in [-0.39, 0.29) is 0 Å². The minimum absolute atomic E-state index is 0.624. The van der Waals surface area contributed by atoms with E-state index in [2.05, 4.69) is 6.07 Å². The Morgan fingerprint density at radius 1 is 0.750 bits per heavy atom. The van der Waals surface area contributed by atoms with Crippen molar-refractivity contribution >= 4 is 12.2 Å². The van der Waals surface area contributed by atoms with Crippen molar-refractivity contribution < 1.29 is 13.2 Å². The van der Waals surface area contributed by atoms with Crippen LogP contribution in [0.1, 0.15) is 27.8 Å². The smallest absolute Gasteiger partial charge is 0.166 e. The molecule has 0 aliphatic heterocycles. The molecule has 20 heavy (non-hydrogen) atoms. The molecule has 0 atom stereocenters. The minimum atomic E-state index is -4.28. The minimum Gasteiger partial charge on any atom is -0.166 e. The van der Waals surface area contributed by atoms with Crippen molar-refractivity contribution in [3.05, 3.63) is 70.3 Å². The molecular formula is C17H15F3. The summed E-state index contributed by atoms with van der Waals surface area (Å²) in [5, 5.41) is 0. The van der Waals surface area contributed by atoms with Gasteiger partial charge in [0.25, 0.3) is 0 Å². The zero-order valence-corrected chi connectivity index (χ0v) is 11.3. The van der Waals surface area contributed by atoms with Gasteiger partial charge in [-0.05, 0) is 48.2 Å². The van der Waals surface area contributed by atoms with E-state index in [1.807, 2.05) is 38.1 Å². The molecule has 0 aliphatic rings. The summed E-state index contributed by atoms with van der Waals surface area (Å²) in [5.41, 5.74) is 3.57. The molecule has 0 heterocycles. The lowest BCUT2D eigenvalue weighted by atomic mass is 10.0. The largest absolute Gasteiger partial charge is 0.416 e. The Balaban J connectivity index is 2.17. The highest BCUT2D eigenvalue weighted by atomic mass is 19.4. The Kier molecular flexibility index (Phi) is 3.98. The van der Waals surface area contributed by atoms with E-state index in [1.165, 1.54) is 23.3 Å². The Morgan fingerprint density at radius 2 is 1.30 bits per heavy atom. The first kappa shape index (κ1) is 14.4. The van der Waals surface area contributed by atoms with Crippen LogP contribution >= 0.6 is 0 Å². The van der Waals surface area contributed by atoms with Crippen LogP contribution < -0.4 is 0 Å². The second-order valence-corrected chi connectivity index (χ2v) is 4.80. The van der Waals surface area contributed by atoms with E-state index < -0.39 is 11.7 Å². The van der Waals surface area contributed by atoms with Gasteiger partial charge in [-0.15, -0.1) is 0 Å². The van der Waals surface area contributed by atoms with Crippen LogP contribution in [-0.4, -0.2) is 0 Å². The molecule has 0 saturated carbocycles. The van der Waals surface area contributed by atoms with Crippen LogP contribution in [0.3, 0.4) is 0 Å². The van der Waals surface area contributed by atoms with E-state index in [1.54, 1.807) is 0 Å². The van der Waals surface area contributed by atoms with Crippen LogP contribution in [0.25, 0.3) is 12.2 Å². The number of aryl methyl sites for hydroxylation is 2. The van der Waals surface area contributed by atoms with Crippen molar-refractivity contribution in [1.29, 1.82) is 0 Å². The fraction of sp³-hybridized carbons (Fsp3) is 0.176. The molecule has 0 amide bonds. The van der Waals surface area contributed by atoms with E-state index in [4.69, 9.17) is 0 Å². The summed E-state index contributed by atoms with van der Waals surface area (Å²) >= 11 is 0. The molecule has 0 nitrogen and oxygen atoms in total. The maximum atomic E-state index is 12.4. The molecular weight excluding hydrogens is 261 g/mol. The van der Waals surface area contributed by atoms with E-state index in [0.717, 1.165) is 23.3 Å². The topological polar surface area (TPSA) is 0 Å². The van der Waals surface area contributed by atoms with Crippen molar-refractivity contribution in [2.75, 3.05) is 0 Å². The second kappa shape index (κ2) is 5.53. The number of hydrogen-bond acceptors (Lipinski definition) is 0. The maximum Gasteiger partial charge on any atom is 0.416 e. The first-order valence-corrected chi connectivity index (χ1v) is 6.29. The number of benzene rings is 2. The van der Waals surface area contributed by atoms with E-state index >= 15 is 0 Å². The number of hydrogen-bond donors (Lipinski definition) is 0. The third kappa shape index (κ3) is 3.50. The lowest BCUT2D eigenvalue weighted by Crippen LogP contribution is -2.03. The average molecular weight is 276 g/mol. The molecule has 104 valence electrons. The van der Waals surface area contributed by atoms with Crippen LogP contribution in [0.15, 0.2) is 42.5 Å². The van der Waals surface area contributed by atoms with Crippen molar-refractivity contribution in [3.8, 4) is 0 Å². The van der Waals surface area contributed by atoms with Crippen LogP contribution in [-0.2, 0) is 6.18 Å². The fourth-order valence-electron chi connectivity index (χ4n) is 1.84. The van der Waals surface area contributed by atoms with Gasteiger partial charge in [0.05, 0.1) is 5.56 Å². The standard InChI is InChI=1S/C17H15F3/c1-12-3-4-15(11-13(12)2)6-5-14-7-9-16(10-8-14)17(18,19)20/h3-11H,1-2H3. The van der Waals surface area contributed by atoms with Crippen LogP contribution in [0.5, 0.6) is 0 Å². The summed E-state index contributed by atoms with van der Waals surface area (Å²) in [6, 6.07) is 11.2. The molecule has 0 aromatic heterocycles. The molecule has 2 aromatic rings. The number of halogens is 3. The fourth-order valence-corrected chi connectivity index (χ4v) is 1.84. The zero-order chi connectivity index (χ0) is 14.8. The molecule has 0 N–H and O–H groups in total. The molecule has 0 fully saturated rings. The zero-order valence-electron chi connectivity index (χ0n) is 11.3. The monoisotopic (exact) mass is 276 g/mol. The van der Waals surface area contributed by atoms with Crippen molar-refractivity contribution in [2.45, 2.75) is 20.0 Å². The summed E-state index contributed by atoms with van der Waals surface area (Å²) in [6.07, 6.45) is -0.574. The molecule has 0 radical (unpaired) electrons. The van der Waals surface area contributed by atoms with Gasteiger partial charge in [0, 0.05) is 0 Å². The Morgan fingerprint density at radius 3 is 1.85 bits per heavy atom. The average Bonchev–Trinajstić information content (AvgIpc) is 2.40. The van der Waals surface area contributed by atoms with Crippen molar-refractivity contribution in [3.63, 3.8) is 0 Å². The van der Waals surface area contributed by atoms with Crippen LogP contribution in [0.4, 0.5) is 13.2 Å². The highest BCUT2D eigenvalue weighted by Gasteiger charge is 2.29. The highest BCUT2D eigenvalue weighted by molar-refractivity contribution is 5.70. The third-order valence-electron chi connectivity index (χ3n) is 3.24. The number of rotatable bonds is 2. The van der Waals surface area contributed by atoms with Crippen LogP contribution in [0, 0.1) is 13.8 Å². The summed E-state index contributed by atoms with van der Waals surface area (Å²) in [6.45, 7) is 4.07. The molecule has 0 spiro atoms. The molecule has 2 aromatic carbocycles. The molecule has 0 aliphatic carbocycles. The predicted octanol–water partition coefficient (Wildman–Crippen LogP) is 5.49. The van der Waals surface area contributed by atoms with Gasteiger partial charge >= 0.3 is 6.18 Å². The highest BCUT2D eigenvalue weighted by Crippen LogP contribution is 2.29. The van der Waals surface area contributed by atoms with Gasteiger partial charge in [0.2, 0.25) is 0 Å². The summed E-state index contributed by atoms with van der Waals surface area (Å²) in [7, 11) is 0. The summed E-state index contributed by atoms with van der Waals surface area (Å²) < 4.78 is 37.3. The molecule has 0 bridgehead atoms. The molecule has 2 rings (SSSR count). The van der Waals surface area contributed by atoms with Gasteiger partial charge in [-0.3, -0.25) is 0 Å². The van der Waals surface area contributed by atoms with Gasteiger partial charge in [0.1, 0.15) is 0 Å². The first-order chi connectivity index (χ1) is 9.36. The van der Waals surface area contributed by atoms with Crippen molar-refractivity contribution in [1.82, 2.24) is 0 Å². The van der Waals surface area contributed by atoms with Gasteiger partial charge < -0.3 is 0 Å². The lowest BCUT2D eigenvalue weighted by molar-refractivity contribution is -0.137. The normalized spacial score (nSPS) is 12.1. The molecule has 0 unspecified atom stereocenters. The Labute approximate surface area is 116 Å². The predicted molar refractivity (Wildman–Crippen MR) is 76.3 cm³/mol. The molecule has 3 heteroatoms. The van der Waals surface area contributed by atoms with Crippen LogP contribution in [0.2, 0.25) is 0 Å². The second-order valence-electron chi connectivity index (χ2n) is 4.80. The summed E-state index contributed by atoms with van der Waals surface area (Å²) in [4.78, 5) is 0. The van der Waals surface area contributed by atoms with Gasteiger partial charge in [-0.1, -0.05) is 42.5 Å². The quantitative estimate of drug-likeness (QED) is 0.636. The maximum absolute atomic E-state index is 12.4.